The van der Waals surface area contributed by atoms with Gasteiger partial charge in [0.1, 0.15) is 12.2 Å². The van der Waals surface area contributed by atoms with Crippen molar-refractivity contribution in [3.8, 4) is 0 Å². The number of piperidine rings is 1. The van der Waals surface area contributed by atoms with Gasteiger partial charge in [-0.2, -0.15) is 0 Å². The van der Waals surface area contributed by atoms with Crippen LogP contribution in [0.2, 0.25) is 0 Å². The number of rotatable bonds is 5. The van der Waals surface area contributed by atoms with E-state index in [1.165, 1.54) is 0 Å². The molecule has 1 N–H and O–H groups in total. The van der Waals surface area contributed by atoms with Crippen molar-refractivity contribution >= 4 is 6.03 Å². The highest BCUT2D eigenvalue weighted by Gasteiger charge is 2.25. The molecule has 6 heteroatoms. The molecule has 0 aliphatic carbocycles. The summed E-state index contributed by atoms with van der Waals surface area (Å²) in [5, 5.41) is 11.2. The monoisotopic (exact) mass is 293 g/mol. The third-order valence-electron chi connectivity index (χ3n) is 3.98. The molecule has 118 valence electrons. The fraction of sp³-hybridized carbons (Fsp3) is 0.800. The van der Waals surface area contributed by atoms with E-state index >= 15 is 0 Å². The van der Waals surface area contributed by atoms with Gasteiger partial charge in [-0.3, -0.25) is 0 Å². The summed E-state index contributed by atoms with van der Waals surface area (Å²) in [4.78, 5) is 14.1. The van der Waals surface area contributed by atoms with Crippen LogP contribution in [0.3, 0.4) is 0 Å². The van der Waals surface area contributed by atoms with E-state index in [2.05, 4.69) is 40.9 Å². The molecule has 0 spiro atoms. The van der Waals surface area contributed by atoms with E-state index in [-0.39, 0.29) is 6.03 Å². The van der Waals surface area contributed by atoms with Crippen molar-refractivity contribution in [1.82, 2.24) is 25.0 Å². The van der Waals surface area contributed by atoms with Crippen molar-refractivity contribution in [2.75, 3.05) is 19.6 Å². The number of nitrogens with zero attached hydrogens (tertiary/aromatic N) is 4. The first-order valence-corrected chi connectivity index (χ1v) is 7.99. The molecule has 1 unspecified atom stereocenters. The van der Waals surface area contributed by atoms with Crippen LogP contribution in [0, 0.1) is 11.8 Å². The summed E-state index contributed by atoms with van der Waals surface area (Å²) in [5.41, 5.74) is 0. The largest absolute Gasteiger partial charge is 0.338 e. The standard InChI is InChI=1S/C15H27N5O/c1-4-19-11-17-18-14(19)8-13-6-5-7-20(10-13)15(21)16-9-12(2)3/h11-13H,4-10H2,1-3H3,(H,16,21). The van der Waals surface area contributed by atoms with Crippen LogP contribution in [-0.4, -0.2) is 45.3 Å². The molecule has 1 atom stereocenters. The van der Waals surface area contributed by atoms with Crippen molar-refractivity contribution in [2.24, 2.45) is 11.8 Å². The van der Waals surface area contributed by atoms with E-state index in [9.17, 15) is 4.79 Å². The Morgan fingerprint density at radius 2 is 2.33 bits per heavy atom. The van der Waals surface area contributed by atoms with E-state index in [0.717, 1.165) is 51.3 Å². The Hall–Kier alpha value is -1.59. The number of nitrogens with one attached hydrogen (secondary N) is 1. The van der Waals surface area contributed by atoms with Crippen molar-refractivity contribution in [3.63, 3.8) is 0 Å². The Morgan fingerprint density at radius 1 is 1.52 bits per heavy atom. The quantitative estimate of drug-likeness (QED) is 0.902. The minimum Gasteiger partial charge on any atom is -0.338 e. The van der Waals surface area contributed by atoms with Gasteiger partial charge in [-0.15, -0.1) is 10.2 Å². The molecule has 1 aliphatic rings. The number of likely N-dealkylation sites (tertiary alicyclic amines) is 1. The summed E-state index contributed by atoms with van der Waals surface area (Å²) >= 11 is 0. The number of carbonyl (C=O) groups is 1. The maximum atomic E-state index is 12.2. The van der Waals surface area contributed by atoms with Crippen molar-refractivity contribution in [1.29, 1.82) is 0 Å². The molecule has 0 aromatic carbocycles. The second kappa shape index (κ2) is 7.43. The minimum absolute atomic E-state index is 0.0744. The number of hydrogen-bond donors (Lipinski definition) is 1. The average molecular weight is 293 g/mol. The van der Waals surface area contributed by atoms with E-state index in [1.54, 1.807) is 6.33 Å². The predicted molar refractivity (Wildman–Crippen MR) is 81.9 cm³/mol. The van der Waals surface area contributed by atoms with Gasteiger partial charge >= 0.3 is 6.03 Å². The second-order valence-corrected chi connectivity index (χ2v) is 6.27. The lowest BCUT2D eigenvalue weighted by molar-refractivity contribution is 0.163. The highest BCUT2D eigenvalue weighted by atomic mass is 16.2. The molecule has 1 aromatic rings. The molecule has 0 saturated carbocycles. The van der Waals surface area contributed by atoms with Crippen molar-refractivity contribution in [3.05, 3.63) is 12.2 Å². The lowest BCUT2D eigenvalue weighted by Crippen LogP contribution is -2.46. The molecule has 1 aliphatic heterocycles. The summed E-state index contributed by atoms with van der Waals surface area (Å²) in [6.45, 7) is 9.63. The first-order valence-electron chi connectivity index (χ1n) is 7.99. The summed E-state index contributed by atoms with van der Waals surface area (Å²) in [6.07, 6.45) is 4.91. The van der Waals surface area contributed by atoms with E-state index < -0.39 is 0 Å². The van der Waals surface area contributed by atoms with Gasteiger partial charge in [0.2, 0.25) is 0 Å². The normalized spacial score (nSPS) is 19.0. The topological polar surface area (TPSA) is 63.1 Å². The third-order valence-corrected chi connectivity index (χ3v) is 3.98. The average Bonchev–Trinajstić information content (AvgIpc) is 2.92. The molecule has 0 radical (unpaired) electrons. The number of amides is 2. The number of aryl methyl sites for hydroxylation is 1. The van der Waals surface area contributed by atoms with Crippen LogP contribution in [-0.2, 0) is 13.0 Å². The molecular weight excluding hydrogens is 266 g/mol. The van der Waals surface area contributed by atoms with Gasteiger partial charge in [-0.05, 0) is 31.6 Å². The van der Waals surface area contributed by atoms with Crippen molar-refractivity contribution in [2.45, 2.75) is 46.6 Å². The number of hydrogen-bond acceptors (Lipinski definition) is 3. The van der Waals surface area contributed by atoms with Crippen LogP contribution in [0.1, 0.15) is 39.4 Å². The molecule has 1 fully saturated rings. The van der Waals surface area contributed by atoms with Crippen LogP contribution >= 0.6 is 0 Å². The maximum absolute atomic E-state index is 12.2. The molecule has 0 bridgehead atoms. The molecular formula is C15H27N5O. The molecule has 1 saturated heterocycles. The van der Waals surface area contributed by atoms with Gasteiger partial charge < -0.3 is 14.8 Å². The fourth-order valence-corrected chi connectivity index (χ4v) is 2.78. The minimum atomic E-state index is 0.0744. The fourth-order valence-electron chi connectivity index (χ4n) is 2.78. The second-order valence-electron chi connectivity index (χ2n) is 6.27. The SMILES string of the molecule is CCn1cnnc1CC1CCCN(C(=O)NCC(C)C)C1. The highest BCUT2D eigenvalue weighted by molar-refractivity contribution is 5.74. The number of urea groups is 1. The summed E-state index contributed by atoms with van der Waals surface area (Å²) in [7, 11) is 0. The smallest absolute Gasteiger partial charge is 0.317 e. The molecule has 1 aromatic heterocycles. The van der Waals surface area contributed by atoms with Gasteiger partial charge in [-0.25, -0.2) is 4.79 Å². The van der Waals surface area contributed by atoms with Crippen LogP contribution in [0.4, 0.5) is 4.79 Å². The van der Waals surface area contributed by atoms with E-state index in [0.29, 0.717) is 11.8 Å². The predicted octanol–water partition coefficient (Wildman–Crippen LogP) is 1.92. The first kappa shape index (κ1) is 15.8. The third kappa shape index (κ3) is 4.44. The lowest BCUT2D eigenvalue weighted by Gasteiger charge is -2.32. The van der Waals surface area contributed by atoms with Crippen LogP contribution in [0.15, 0.2) is 6.33 Å². The van der Waals surface area contributed by atoms with Gasteiger partial charge in [0.15, 0.2) is 0 Å². The Bertz CT molecular complexity index is 457. The van der Waals surface area contributed by atoms with Gasteiger partial charge in [0.05, 0.1) is 0 Å². The Labute approximate surface area is 126 Å². The van der Waals surface area contributed by atoms with Crippen LogP contribution in [0.5, 0.6) is 0 Å². The van der Waals surface area contributed by atoms with Crippen LogP contribution < -0.4 is 5.32 Å². The highest BCUT2D eigenvalue weighted by Crippen LogP contribution is 2.20. The van der Waals surface area contributed by atoms with Gasteiger partial charge in [-0.1, -0.05) is 13.8 Å². The molecule has 2 rings (SSSR count). The number of aromatic nitrogens is 3. The Balaban J connectivity index is 1.87. The van der Waals surface area contributed by atoms with Gasteiger partial charge in [0.25, 0.3) is 0 Å². The molecule has 2 amide bonds. The lowest BCUT2D eigenvalue weighted by atomic mass is 9.94. The Morgan fingerprint density at radius 3 is 3.05 bits per heavy atom. The van der Waals surface area contributed by atoms with E-state index in [1.807, 2.05) is 4.90 Å². The first-order chi connectivity index (χ1) is 10.1. The van der Waals surface area contributed by atoms with E-state index in [4.69, 9.17) is 0 Å². The summed E-state index contributed by atoms with van der Waals surface area (Å²) < 4.78 is 2.08. The summed E-state index contributed by atoms with van der Waals surface area (Å²) in [5.74, 6) is 2.00. The molecule has 21 heavy (non-hydrogen) atoms. The molecule has 2 heterocycles. The number of carbonyl (C=O) groups excluding carboxylic acids is 1. The molecule has 6 nitrogen and oxygen atoms in total. The summed E-state index contributed by atoms with van der Waals surface area (Å²) in [6, 6.07) is 0.0744. The zero-order chi connectivity index (χ0) is 15.2. The van der Waals surface area contributed by atoms with Crippen LogP contribution in [0.25, 0.3) is 0 Å². The van der Waals surface area contributed by atoms with Crippen molar-refractivity contribution < 1.29 is 4.79 Å². The zero-order valence-corrected chi connectivity index (χ0v) is 13.4. The Kier molecular flexibility index (Phi) is 5.59. The van der Waals surface area contributed by atoms with Gasteiger partial charge in [0, 0.05) is 32.6 Å². The maximum Gasteiger partial charge on any atom is 0.317 e. The zero-order valence-electron chi connectivity index (χ0n) is 13.4.